The number of nitrogens with zero attached hydrogens (tertiary/aromatic N) is 1. The van der Waals surface area contributed by atoms with Crippen molar-refractivity contribution in [1.82, 2.24) is 10.2 Å². The number of morpholine rings is 1. The number of hydrogen-bond acceptors (Lipinski definition) is 3. The smallest absolute Gasteiger partial charge is 0.251 e. The minimum atomic E-state index is 0.0289. The van der Waals surface area contributed by atoms with Crippen LogP contribution in [0.5, 0.6) is 0 Å². The lowest BCUT2D eigenvalue weighted by atomic mass is 9.93. The van der Waals surface area contributed by atoms with Gasteiger partial charge in [0.25, 0.3) is 5.91 Å². The number of amides is 1. The quantitative estimate of drug-likeness (QED) is 0.877. The highest BCUT2D eigenvalue weighted by Gasteiger charge is 2.20. The zero-order chi connectivity index (χ0) is 16.8. The van der Waals surface area contributed by atoms with Crippen LogP contribution >= 0.6 is 0 Å². The number of hydrogen-bond donors (Lipinski definition) is 1. The molecule has 0 unspecified atom stereocenters. The van der Waals surface area contributed by atoms with Crippen LogP contribution in [0, 0.1) is 11.8 Å². The van der Waals surface area contributed by atoms with E-state index in [1.54, 1.807) is 0 Å². The number of carbonyl (C=O) groups excluding carboxylic acids is 1. The third-order valence-electron chi connectivity index (χ3n) is 4.43. The van der Waals surface area contributed by atoms with Gasteiger partial charge in [0.1, 0.15) is 0 Å². The first kappa shape index (κ1) is 18.0. The molecular formula is C19H30N2O2. The second-order valence-corrected chi connectivity index (χ2v) is 7.08. The van der Waals surface area contributed by atoms with Gasteiger partial charge in [-0.25, -0.2) is 0 Å². The summed E-state index contributed by atoms with van der Waals surface area (Å²) in [7, 11) is 0. The van der Waals surface area contributed by atoms with Gasteiger partial charge in [-0.1, -0.05) is 39.8 Å². The molecule has 4 nitrogen and oxygen atoms in total. The summed E-state index contributed by atoms with van der Waals surface area (Å²) in [5.74, 6) is 0.882. The molecule has 1 aliphatic heterocycles. The van der Waals surface area contributed by atoms with Gasteiger partial charge in [-0.3, -0.25) is 9.69 Å². The maximum Gasteiger partial charge on any atom is 0.251 e. The molecule has 1 aromatic rings. The van der Waals surface area contributed by atoms with E-state index >= 15 is 0 Å². The van der Waals surface area contributed by atoms with E-state index in [9.17, 15) is 4.79 Å². The lowest BCUT2D eigenvalue weighted by Gasteiger charge is -2.27. The molecule has 1 heterocycles. The third-order valence-corrected chi connectivity index (χ3v) is 4.43. The molecule has 1 amide bonds. The topological polar surface area (TPSA) is 41.6 Å². The Morgan fingerprint density at radius 3 is 2.43 bits per heavy atom. The van der Waals surface area contributed by atoms with Crippen LogP contribution in [0.25, 0.3) is 0 Å². The highest BCUT2D eigenvalue weighted by Crippen LogP contribution is 2.14. The molecule has 0 bridgehead atoms. The molecule has 1 saturated heterocycles. The Labute approximate surface area is 140 Å². The molecule has 0 aromatic heterocycles. The number of nitrogens with one attached hydrogen (secondary N) is 1. The van der Waals surface area contributed by atoms with Crippen molar-refractivity contribution in [3.8, 4) is 0 Å². The average Bonchev–Trinajstić information content (AvgIpc) is 2.53. The molecular weight excluding hydrogens is 288 g/mol. The molecule has 0 saturated carbocycles. The summed E-state index contributed by atoms with van der Waals surface area (Å²) in [6.07, 6.45) is 0. The van der Waals surface area contributed by atoms with Crippen LogP contribution in [-0.4, -0.2) is 43.2 Å². The van der Waals surface area contributed by atoms with Gasteiger partial charge in [-0.15, -0.1) is 0 Å². The van der Waals surface area contributed by atoms with Gasteiger partial charge in [0, 0.05) is 31.2 Å². The van der Waals surface area contributed by atoms with Crippen LogP contribution in [0.1, 0.15) is 43.6 Å². The monoisotopic (exact) mass is 318 g/mol. The fraction of sp³-hybridized carbons (Fsp3) is 0.632. The van der Waals surface area contributed by atoms with E-state index < -0.39 is 0 Å². The summed E-state index contributed by atoms with van der Waals surface area (Å²) in [5, 5.41) is 3.19. The first-order valence-electron chi connectivity index (χ1n) is 8.67. The maximum atomic E-state index is 12.6. The van der Waals surface area contributed by atoms with Crippen LogP contribution in [0.4, 0.5) is 0 Å². The Bertz CT molecular complexity index is 500. The molecule has 4 heteroatoms. The lowest BCUT2D eigenvalue weighted by Crippen LogP contribution is -2.42. The molecule has 0 aliphatic carbocycles. The van der Waals surface area contributed by atoms with Crippen molar-refractivity contribution in [3.05, 3.63) is 35.4 Å². The van der Waals surface area contributed by atoms with Crippen molar-refractivity contribution in [2.24, 2.45) is 11.8 Å². The summed E-state index contributed by atoms with van der Waals surface area (Å²) in [6, 6.07) is 8.18. The van der Waals surface area contributed by atoms with E-state index in [1.807, 2.05) is 18.2 Å². The molecule has 0 spiro atoms. The standard InChI is InChI=1S/C19H30N2O2/c1-14(2)18(15(3)4)20-19(22)17-7-5-6-16(12-17)13-21-8-10-23-11-9-21/h5-7,12,14-15,18H,8-11,13H2,1-4H3,(H,20,22). The molecule has 128 valence electrons. The highest BCUT2D eigenvalue weighted by atomic mass is 16.5. The predicted octanol–water partition coefficient (Wildman–Crippen LogP) is 2.93. The molecule has 1 N–H and O–H groups in total. The van der Waals surface area contributed by atoms with Crippen molar-refractivity contribution >= 4 is 5.91 Å². The molecule has 0 atom stereocenters. The average molecular weight is 318 g/mol. The fourth-order valence-corrected chi connectivity index (χ4v) is 3.17. The van der Waals surface area contributed by atoms with Crippen molar-refractivity contribution in [1.29, 1.82) is 0 Å². The van der Waals surface area contributed by atoms with Crippen LogP contribution in [-0.2, 0) is 11.3 Å². The lowest BCUT2D eigenvalue weighted by molar-refractivity contribution is 0.0342. The van der Waals surface area contributed by atoms with Crippen LogP contribution in [0.15, 0.2) is 24.3 Å². The molecule has 23 heavy (non-hydrogen) atoms. The maximum absolute atomic E-state index is 12.6. The van der Waals surface area contributed by atoms with Crippen molar-refractivity contribution < 1.29 is 9.53 Å². The van der Waals surface area contributed by atoms with E-state index in [1.165, 1.54) is 5.56 Å². The van der Waals surface area contributed by atoms with Crippen LogP contribution in [0.2, 0.25) is 0 Å². The summed E-state index contributed by atoms with van der Waals surface area (Å²) in [4.78, 5) is 14.9. The SMILES string of the molecule is CC(C)C(NC(=O)c1cccc(CN2CCOCC2)c1)C(C)C. The normalized spacial score (nSPS) is 16.3. The Morgan fingerprint density at radius 2 is 1.83 bits per heavy atom. The van der Waals surface area contributed by atoms with Crippen molar-refractivity contribution in [3.63, 3.8) is 0 Å². The van der Waals surface area contributed by atoms with E-state index in [-0.39, 0.29) is 11.9 Å². The van der Waals surface area contributed by atoms with Gasteiger partial charge < -0.3 is 10.1 Å². The number of ether oxygens (including phenoxy) is 1. The summed E-state index contributed by atoms with van der Waals surface area (Å²) in [5.41, 5.74) is 1.94. The number of rotatable bonds is 6. The summed E-state index contributed by atoms with van der Waals surface area (Å²) in [6.45, 7) is 13.0. The predicted molar refractivity (Wildman–Crippen MR) is 93.5 cm³/mol. The largest absolute Gasteiger partial charge is 0.379 e. The zero-order valence-corrected chi connectivity index (χ0v) is 14.8. The van der Waals surface area contributed by atoms with E-state index in [0.717, 1.165) is 38.4 Å². The van der Waals surface area contributed by atoms with Gasteiger partial charge in [0.05, 0.1) is 13.2 Å². The van der Waals surface area contributed by atoms with Crippen LogP contribution < -0.4 is 5.32 Å². The first-order valence-corrected chi connectivity index (χ1v) is 8.67. The Balaban J connectivity index is 2.01. The number of carbonyl (C=O) groups is 1. The molecule has 1 aliphatic rings. The van der Waals surface area contributed by atoms with Gasteiger partial charge in [0.2, 0.25) is 0 Å². The van der Waals surface area contributed by atoms with E-state index in [2.05, 4.69) is 44.0 Å². The van der Waals surface area contributed by atoms with Gasteiger partial charge in [-0.05, 0) is 29.5 Å². The van der Waals surface area contributed by atoms with Crippen LogP contribution in [0.3, 0.4) is 0 Å². The van der Waals surface area contributed by atoms with Crippen molar-refractivity contribution in [2.45, 2.75) is 40.3 Å². The highest BCUT2D eigenvalue weighted by molar-refractivity contribution is 5.94. The fourth-order valence-electron chi connectivity index (χ4n) is 3.17. The van der Waals surface area contributed by atoms with Gasteiger partial charge >= 0.3 is 0 Å². The Morgan fingerprint density at radius 1 is 1.17 bits per heavy atom. The van der Waals surface area contributed by atoms with E-state index in [0.29, 0.717) is 11.8 Å². The Kier molecular flexibility index (Phi) is 6.60. The second kappa shape index (κ2) is 8.46. The first-order chi connectivity index (χ1) is 11.0. The summed E-state index contributed by atoms with van der Waals surface area (Å²) >= 11 is 0. The molecule has 1 aromatic carbocycles. The van der Waals surface area contributed by atoms with E-state index in [4.69, 9.17) is 4.74 Å². The molecule has 1 fully saturated rings. The minimum absolute atomic E-state index is 0.0289. The Hall–Kier alpha value is -1.39. The minimum Gasteiger partial charge on any atom is -0.379 e. The zero-order valence-electron chi connectivity index (χ0n) is 14.8. The van der Waals surface area contributed by atoms with Gasteiger partial charge in [-0.2, -0.15) is 0 Å². The second-order valence-electron chi connectivity index (χ2n) is 7.08. The molecule has 0 radical (unpaired) electrons. The number of benzene rings is 1. The third kappa shape index (κ3) is 5.33. The van der Waals surface area contributed by atoms with Gasteiger partial charge in [0.15, 0.2) is 0 Å². The summed E-state index contributed by atoms with van der Waals surface area (Å²) < 4.78 is 5.38. The van der Waals surface area contributed by atoms with Crippen molar-refractivity contribution in [2.75, 3.05) is 26.3 Å². The molecule has 2 rings (SSSR count).